The van der Waals surface area contributed by atoms with E-state index in [2.05, 4.69) is 40.0 Å². The molecule has 1 atom stereocenters. The summed E-state index contributed by atoms with van der Waals surface area (Å²) in [7, 11) is 0. The number of aromatic amines is 1. The van der Waals surface area contributed by atoms with Crippen LogP contribution in [0.1, 0.15) is 40.2 Å². The van der Waals surface area contributed by atoms with Crippen LogP contribution in [0.25, 0.3) is 22.2 Å². The van der Waals surface area contributed by atoms with Gasteiger partial charge in [-0.1, -0.05) is 30.3 Å². The van der Waals surface area contributed by atoms with Crippen LogP contribution in [0.5, 0.6) is 0 Å². The molecule has 0 spiro atoms. The van der Waals surface area contributed by atoms with Gasteiger partial charge in [-0.3, -0.25) is 9.63 Å². The highest BCUT2D eigenvalue weighted by atomic mass is 16.6. The number of carbonyl (C=O) groups excluding carboxylic acids is 1. The maximum Gasteiger partial charge on any atom is 0.275 e. The quantitative estimate of drug-likeness (QED) is 0.665. The standard InChI is InChI=1S/C21H21N3O2/c25-21-16-4-1-5-18-19(16)17(12-26-24-21)20(23-18)14-8-6-13(7-9-14)15-3-2-10-22-11-15/h1,4-9,15,22-23H,2-3,10-12H2,(H,24,25). The lowest BCUT2D eigenvalue weighted by Gasteiger charge is -2.23. The van der Waals surface area contributed by atoms with Crippen molar-refractivity contribution >= 4 is 16.8 Å². The average molecular weight is 347 g/mol. The molecule has 1 amide bonds. The average Bonchev–Trinajstić information content (AvgIpc) is 2.98. The van der Waals surface area contributed by atoms with Crippen LogP contribution in [-0.4, -0.2) is 24.0 Å². The molecule has 0 bridgehead atoms. The number of rotatable bonds is 2. The zero-order valence-electron chi connectivity index (χ0n) is 14.5. The maximum atomic E-state index is 12.2. The predicted octanol–water partition coefficient (Wildman–Crippen LogP) is 3.48. The van der Waals surface area contributed by atoms with Gasteiger partial charge in [-0.25, -0.2) is 5.48 Å². The number of amides is 1. The number of nitrogens with one attached hydrogen (secondary N) is 3. The second-order valence-electron chi connectivity index (χ2n) is 7.09. The van der Waals surface area contributed by atoms with E-state index in [-0.39, 0.29) is 5.91 Å². The summed E-state index contributed by atoms with van der Waals surface area (Å²) in [6.45, 7) is 2.54. The maximum absolute atomic E-state index is 12.2. The van der Waals surface area contributed by atoms with E-state index in [0.29, 0.717) is 18.1 Å². The van der Waals surface area contributed by atoms with Gasteiger partial charge >= 0.3 is 0 Å². The molecule has 1 fully saturated rings. The summed E-state index contributed by atoms with van der Waals surface area (Å²) in [4.78, 5) is 21.1. The lowest BCUT2D eigenvalue weighted by molar-refractivity contribution is 0.0256. The van der Waals surface area contributed by atoms with Gasteiger partial charge in [-0.15, -0.1) is 0 Å². The first kappa shape index (κ1) is 15.6. The lowest BCUT2D eigenvalue weighted by atomic mass is 9.90. The van der Waals surface area contributed by atoms with Crippen molar-refractivity contribution in [3.63, 3.8) is 0 Å². The van der Waals surface area contributed by atoms with Crippen LogP contribution in [0.4, 0.5) is 0 Å². The molecule has 2 aliphatic rings. The third-order valence-electron chi connectivity index (χ3n) is 5.52. The summed E-state index contributed by atoms with van der Waals surface area (Å²) < 4.78 is 0. The van der Waals surface area contributed by atoms with Gasteiger partial charge in [-0.05, 0) is 48.6 Å². The van der Waals surface area contributed by atoms with Crippen LogP contribution >= 0.6 is 0 Å². The number of piperidine rings is 1. The Balaban J connectivity index is 1.57. The minimum absolute atomic E-state index is 0.194. The van der Waals surface area contributed by atoms with E-state index in [4.69, 9.17) is 4.84 Å². The third-order valence-corrected chi connectivity index (χ3v) is 5.52. The number of aromatic nitrogens is 1. The third kappa shape index (κ3) is 2.52. The monoisotopic (exact) mass is 347 g/mol. The molecule has 5 rings (SSSR count). The van der Waals surface area contributed by atoms with Crippen molar-refractivity contribution in [2.24, 2.45) is 0 Å². The molecule has 3 heterocycles. The van der Waals surface area contributed by atoms with Crippen LogP contribution in [0.2, 0.25) is 0 Å². The van der Waals surface area contributed by atoms with Crippen LogP contribution < -0.4 is 10.8 Å². The molecule has 2 aliphatic heterocycles. The first-order chi connectivity index (χ1) is 12.8. The topological polar surface area (TPSA) is 66.2 Å². The number of benzene rings is 2. The Labute approximate surface area is 151 Å². The molecule has 1 unspecified atom stereocenters. The molecule has 2 aromatic carbocycles. The van der Waals surface area contributed by atoms with Crippen molar-refractivity contribution < 1.29 is 9.63 Å². The molecule has 1 aromatic heterocycles. The molecule has 5 nitrogen and oxygen atoms in total. The Bertz CT molecular complexity index is 969. The second kappa shape index (κ2) is 6.27. The van der Waals surface area contributed by atoms with E-state index in [9.17, 15) is 4.79 Å². The Kier molecular flexibility index (Phi) is 3.76. The predicted molar refractivity (Wildman–Crippen MR) is 101 cm³/mol. The van der Waals surface area contributed by atoms with Crippen LogP contribution in [0.3, 0.4) is 0 Å². The van der Waals surface area contributed by atoms with Gasteiger partial charge in [0.1, 0.15) is 6.61 Å². The van der Waals surface area contributed by atoms with Crippen LogP contribution in [0, 0.1) is 0 Å². The van der Waals surface area contributed by atoms with Crippen molar-refractivity contribution in [3.05, 3.63) is 59.2 Å². The van der Waals surface area contributed by atoms with Gasteiger partial charge < -0.3 is 10.3 Å². The van der Waals surface area contributed by atoms with E-state index in [1.165, 1.54) is 18.4 Å². The molecule has 0 saturated carbocycles. The molecule has 5 heteroatoms. The van der Waals surface area contributed by atoms with Crippen molar-refractivity contribution in [1.29, 1.82) is 0 Å². The zero-order valence-corrected chi connectivity index (χ0v) is 14.5. The summed E-state index contributed by atoms with van der Waals surface area (Å²) in [5.41, 5.74) is 8.69. The van der Waals surface area contributed by atoms with E-state index < -0.39 is 0 Å². The summed E-state index contributed by atoms with van der Waals surface area (Å²) >= 11 is 0. The zero-order chi connectivity index (χ0) is 17.5. The summed E-state index contributed by atoms with van der Waals surface area (Å²) in [6, 6.07) is 14.5. The molecular weight excluding hydrogens is 326 g/mol. The molecule has 1 saturated heterocycles. The highest BCUT2D eigenvalue weighted by molar-refractivity contribution is 6.09. The second-order valence-corrected chi connectivity index (χ2v) is 7.09. The Morgan fingerprint density at radius 2 is 1.96 bits per heavy atom. The van der Waals surface area contributed by atoms with E-state index >= 15 is 0 Å². The number of H-pyrrole nitrogens is 1. The highest BCUT2D eigenvalue weighted by Gasteiger charge is 2.23. The fourth-order valence-electron chi connectivity index (χ4n) is 4.18. The molecule has 0 radical (unpaired) electrons. The molecular formula is C21H21N3O2. The summed E-state index contributed by atoms with van der Waals surface area (Å²) in [6.07, 6.45) is 2.48. The molecule has 3 aromatic rings. The van der Waals surface area contributed by atoms with Crippen molar-refractivity contribution in [2.45, 2.75) is 25.4 Å². The normalized spacial score (nSPS) is 20.0. The fraction of sp³-hybridized carbons (Fsp3) is 0.286. The minimum atomic E-state index is -0.194. The number of hydroxylamine groups is 1. The highest BCUT2D eigenvalue weighted by Crippen LogP contribution is 2.35. The van der Waals surface area contributed by atoms with Gasteiger partial charge in [-0.2, -0.15) is 0 Å². The summed E-state index contributed by atoms with van der Waals surface area (Å²) in [5.74, 6) is 0.402. The lowest BCUT2D eigenvalue weighted by Crippen LogP contribution is -2.28. The first-order valence-electron chi connectivity index (χ1n) is 9.18. The molecule has 3 N–H and O–H groups in total. The Morgan fingerprint density at radius 1 is 1.08 bits per heavy atom. The number of carbonyl (C=O) groups is 1. The number of hydrogen-bond acceptors (Lipinski definition) is 3. The largest absolute Gasteiger partial charge is 0.354 e. The molecule has 132 valence electrons. The Hall–Kier alpha value is -2.63. The van der Waals surface area contributed by atoms with Crippen molar-refractivity contribution in [1.82, 2.24) is 15.8 Å². The van der Waals surface area contributed by atoms with Crippen LogP contribution in [0.15, 0.2) is 42.5 Å². The van der Waals surface area contributed by atoms with Crippen molar-refractivity contribution in [3.8, 4) is 11.3 Å². The SMILES string of the molecule is O=C1NOCc2c(-c3ccc(C4CCCNC4)cc3)[nH]c3cccc1c23. The van der Waals surface area contributed by atoms with Gasteiger partial charge in [0, 0.05) is 23.0 Å². The van der Waals surface area contributed by atoms with E-state index in [1.807, 2.05) is 18.2 Å². The van der Waals surface area contributed by atoms with Gasteiger partial charge in [0.05, 0.1) is 11.3 Å². The minimum Gasteiger partial charge on any atom is -0.354 e. The smallest absolute Gasteiger partial charge is 0.275 e. The van der Waals surface area contributed by atoms with Crippen LogP contribution in [-0.2, 0) is 11.4 Å². The molecule has 0 aliphatic carbocycles. The first-order valence-corrected chi connectivity index (χ1v) is 9.18. The van der Waals surface area contributed by atoms with Gasteiger partial charge in [0.2, 0.25) is 0 Å². The van der Waals surface area contributed by atoms with Gasteiger partial charge in [0.15, 0.2) is 0 Å². The summed E-state index contributed by atoms with van der Waals surface area (Å²) in [5, 5.41) is 4.44. The van der Waals surface area contributed by atoms with Gasteiger partial charge in [0.25, 0.3) is 5.91 Å². The van der Waals surface area contributed by atoms with Crippen molar-refractivity contribution in [2.75, 3.05) is 13.1 Å². The van der Waals surface area contributed by atoms with E-state index in [1.54, 1.807) is 0 Å². The Morgan fingerprint density at radius 3 is 2.77 bits per heavy atom. The molecule has 26 heavy (non-hydrogen) atoms. The van der Waals surface area contributed by atoms with E-state index in [0.717, 1.165) is 40.8 Å². The fourth-order valence-corrected chi connectivity index (χ4v) is 4.18. The number of hydrogen-bond donors (Lipinski definition) is 3.